The van der Waals surface area contributed by atoms with Crippen molar-refractivity contribution in [2.75, 3.05) is 0 Å². The second-order valence-corrected chi connectivity index (χ2v) is 2.63. The zero-order valence-electron chi connectivity index (χ0n) is 8.01. The predicted molar refractivity (Wildman–Crippen MR) is 50.1 cm³/mol. The molecule has 0 aromatic heterocycles. The van der Waals surface area contributed by atoms with Crippen LogP contribution in [0.1, 0.15) is 12.0 Å². The molecule has 0 heterocycles. The number of rotatable bonds is 2. The molecule has 1 aromatic carbocycles. The summed E-state index contributed by atoms with van der Waals surface area (Å²) >= 11 is 0. The Kier molecular flexibility index (Phi) is 4.23. The summed E-state index contributed by atoms with van der Waals surface area (Å²) < 4.78 is 41.3. The molecule has 16 heavy (non-hydrogen) atoms. The van der Waals surface area contributed by atoms with Gasteiger partial charge in [0.15, 0.2) is 0 Å². The Hall–Kier alpha value is -2.14. The van der Waals surface area contributed by atoms with E-state index in [1.54, 1.807) is 6.07 Å². The molecule has 0 saturated carbocycles. The number of alkyl halides is 2. The summed E-state index contributed by atoms with van der Waals surface area (Å²) in [6.07, 6.45) is -0.109. The molecule has 0 radical (unpaired) electrons. The van der Waals surface area contributed by atoms with Gasteiger partial charge in [-0.15, -0.1) is 0 Å². The Labute approximate surface area is 90.3 Å². The summed E-state index contributed by atoms with van der Waals surface area (Å²) in [7, 11) is 0. The third kappa shape index (κ3) is 3.21. The first-order valence-corrected chi connectivity index (χ1v) is 4.24. The van der Waals surface area contributed by atoms with Gasteiger partial charge in [-0.05, 0) is 12.1 Å². The molecule has 0 aliphatic rings. The van der Waals surface area contributed by atoms with E-state index >= 15 is 0 Å². The van der Waals surface area contributed by atoms with E-state index in [0.29, 0.717) is 0 Å². The number of hydrogen-bond acceptors (Lipinski definition) is 2. The largest absolute Gasteiger partial charge is 0.433 e. The molecule has 0 atom stereocenters. The molecule has 2 nitrogen and oxygen atoms in total. The minimum absolute atomic E-state index is 0.109. The summed E-state index contributed by atoms with van der Waals surface area (Å²) in [6.45, 7) is -3.04. The Morgan fingerprint density at radius 2 is 2.12 bits per heavy atom. The zero-order valence-corrected chi connectivity index (χ0v) is 8.01. The lowest BCUT2D eigenvalue weighted by molar-refractivity contribution is -0.0501. The molecular weight excluding hydrogens is 219 g/mol. The molecule has 0 amide bonds. The second-order valence-electron chi connectivity index (χ2n) is 2.63. The van der Waals surface area contributed by atoms with E-state index in [4.69, 9.17) is 5.26 Å². The van der Waals surface area contributed by atoms with E-state index in [1.165, 1.54) is 12.1 Å². The van der Waals surface area contributed by atoms with Crippen molar-refractivity contribution in [1.82, 2.24) is 0 Å². The number of benzene rings is 1. The molecule has 0 aliphatic carbocycles. The van der Waals surface area contributed by atoms with Crippen LogP contribution in [0.15, 0.2) is 18.2 Å². The van der Waals surface area contributed by atoms with Crippen molar-refractivity contribution in [3.05, 3.63) is 29.6 Å². The molecule has 1 aromatic rings. The van der Waals surface area contributed by atoms with Gasteiger partial charge < -0.3 is 4.74 Å². The zero-order chi connectivity index (χ0) is 12.0. The highest BCUT2D eigenvalue weighted by molar-refractivity contribution is 5.47. The van der Waals surface area contributed by atoms with E-state index in [-0.39, 0.29) is 17.7 Å². The SMILES string of the molecule is N#CCC#Cc1c(F)cccc1OC(F)F. The highest BCUT2D eigenvalue weighted by atomic mass is 19.3. The van der Waals surface area contributed by atoms with E-state index < -0.39 is 12.4 Å². The van der Waals surface area contributed by atoms with Crippen LogP contribution in [0.5, 0.6) is 5.75 Å². The van der Waals surface area contributed by atoms with E-state index in [0.717, 1.165) is 6.07 Å². The Morgan fingerprint density at radius 1 is 1.38 bits per heavy atom. The van der Waals surface area contributed by atoms with Crippen molar-refractivity contribution in [2.24, 2.45) is 0 Å². The van der Waals surface area contributed by atoms with E-state index in [2.05, 4.69) is 16.6 Å². The van der Waals surface area contributed by atoms with Gasteiger partial charge in [-0.25, -0.2) is 4.39 Å². The van der Waals surface area contributed by atoms with Crippen LogP contribution in [-0.4, -0.2) is 6.61 Å². The topological polar surface area (TPSA) is 33.0 Å². The van der Waals surface area contributed by atoms with Crippen molar-refractivity contribution in [2.45, 2.75) is 13.0 Å². The van der Waals surface area contributed by atoms with Crippen LogP contribution in [0.25, 0.3) is 0 Å². The fourth-order valence-corrected chi connectivity index (χ4v) is 0.992. The van der Waals surface area contributed by atoms with Crippen molar-refractivity contribution in [3.63, 3.8) is 0 Å². The first-order chi connectivity index (χ1) is 7.65. The van der Waals surface area contributed by atoms with Gasteiger partial charge in [-0.2, -0.15) is 14.0 Å². The first kappa shape index (κ1) is 11.9. The highest BCUT2D eigenvalue weighted by Crippen LogP contribution is 2.22. The molecule has 0 aliphatic heterocycles. The van der Waals surface area contributed by atoms with Gasteiger partial charge in [0, 0.05) is 0 Å². The molecule has 0 fully saturated rings. The first-order valence-electron chi connectivity index (χ1n) is 4.24. The van der Waals surface area contributed by atoms with Crippen LogP contribution < -0.4 is 4.74 Å². The predicted octanol–water partition coefficient (Wildman–Crippen LogP) is 2.69. The maximum atomic E-state index is 13.2. The maximum Gasteiger partial charge on any atom is 0.387 e. The molecule has 1 rings (SSSR count). The maximum absolute atomic E-state index is 13.2. The van der Waals surface area contributed by atoms with Crippen molar-refractivity contribution < 1.29 is 17.9 Å². The molecule has 5 heteroatoms. The minimum Gasteiger partial charge on any atom is -0.433 e. The molecule has 0 spiro atoms. The number of hydrogen-bond donors (Lipinski definition) is 0. The van der Waals surface area contributed by atoms with Gasteiger partial charge in [-0.1, -0.05) is 17.9 Å². The van der Waals surface area contributed by atoms with Gasteiger partial charge in [-0.3, -0.25) is 0 Å². The quantitative estimate of drug-likeness (QED) is 0.725. The molecule has 0 bridgehead atoms. The lowest BCUT2D eigenvalue weighted by Gasteiger charge is -2.06. The fraction of sp³-hybridized carbons (Fsp3) is 0.182. The molecule has 82 valence electrons. The van der Waals surface area contributed by atoms with Gasteiger partial charge in [0.2, 0.25) is 0 Å². The highest BCUT2D eigenvalue weighted by Gasteiger charge is 2.11. The van der Waals surface area contributed by atoms with Crippen molar-refractivity contribution in [3.8, 4) is 23.7 Å². The van der Waals surface area contributed by atoms with Crippen LogP contribution in [0, 0.1) is 29.0 Å². The van der Waals surface area contributed by atoms with Crippen LogP contribution >= 0.6 is 0 Å². The van der Waals surface area contributed by atoms with Gasteiger partial charge in [0.1, 0.15) is 17.1 Å². The van der Waals surface area contributed by atoms with Crippen LogP contribution in [0.4, 0.5) is 13.2 Å². The Morgan fingerprint density at radius 3 is 2.75 bits per heavy atom. The van der Waals surface area contributed by atoms with Crippen LogP contribution in [0.3, 0.4) is 0 Å². The number of ether oxygens (including phenoxy) is 1. The van der Waals surface area contributed by atoms with Crippen LogP contribution in [0.2, 0.25) is 0 Å². The summed E-state index contributed by atoms with van der Waals surface area (Å²) in [5, 5.41) is 8.23. The van der Waals surface area contributed by atoms with Crippen molar-refractivity contribution >= 4 is 0 Å². The number of nitrogens with zero attached hydrogens (tertiary/aromatic N) is 1. The average molecular weight is 225 g/mol. The van der Waals surface area contributed by atoms with Crippen LogP contribution in [-0.2, 0) is 0 Å². The average Bonchev–Trinajstić information content (AvgIpc) is 2.21. The van der Waals surface area contributed by atoms with Crippen molar-refractivity contribution in [1.29, 1.82) is 5.26 Å². The lowest BCUT2D eigenvalue weighted by atomic mass is 10.2. The molecule has 0 saturated heterocycles. The van der Waals surface area contributed by atoms with Gasteiger partial charge in [0.25, 0.3) is 0 Å². The summed E-state index contributed by atoms with van der Waals surface area (Å²) in [5.41, 5.74) is -0.266. The smallest absolute Gasteiger partial charge is 0.387 e. The Bertz CT molecular complexity index is 468. The normalized spacial score (nSPS) is 9.19. The summed E-state index contributed by atoms with van der Waals surface area (Å²) in [6, 6.07) is 5.24. The molecular formula is C11H6F3NO. The second kappa shape index (κ2) is 5.67. The minimum atomic E-state index is -3.04. The molecule has 0 N–H and O–H groups in total. The monoisotopic (exact) mass is 225 g/mol. The van der Waals surface area contributed by atoms with Gasteiger partial charge >= 0.3 is 6.61 Å². The number of halogens is 3. The van der Waals surface area contributed by atoms with E-state index in [1.807, 2.05) is 0 Å². The summed E-state index contributed by atoms with van der Waals surface area (Å²) in [5.74, 6) is 3.52. The van der Waals surface area contributed by atoms with E-state index in [9.17, 15) is 13.2 Å². The Balaban J connectivity index is 3.06. The van der Waals surface area contributed by atoms with Gasteiger partial charge in [0.05, 0.1) is 12.5 Å². The standard InChI is InChI=1S/C11H6F3NO/c12-9-5-3-6-10(16-11(13)14)8(9)4-1-2-7-15/h3,5-6,11H,2H2. The molecule has 0 unspecified atom stereocenters. The third-order valence-electron chi connectivity index (χ3n) is 1.57. The fourth-order valence-electron chi connectivity index (χ4n) is 0.992. The number of nitriles is 1. The third-order valence-corrected chi connectivity index (χ3v) is 1.57. The summed E-state index contributed by atoms with van der Waals surface area (Å²) in [4.78, 5) is 0. The lowest BCUT2D eigenvalue weighted by Crippen LogP contribution is -2.04.